The van der Waals surface area contributed by atoms with Crippen LogP contribution in [0.15, 0.2) is 24.4 Å². The molecule has 1 saturated carbocycles. The summed E-state index contributed by atoms with van der Waals surface area (Å²) >= 11 is 0. The molecule has 3 aromatic heterocycles. The van der Waals surface area contributed by atoms with Crippen LogP contribution in [-0.2, 0) is 11.3 Å². The maximum absolute atomic E-state index is 15.4. The van der Waals surface area contributed by atoms with Crippen molar-refractivity contribution in [3.05, 3.63) is 30.2 Å². The van der Waals surface area contributed by atoms with Crippen LogP contribution in [0.1, 0.15) is 29.8 Å². The summed E-state index contributed by atoms with van der Waals surface area (Å²) in [7, 11) is -2.87. The third-order valence-corrected chi connectivity index (χ3v) is 6.96. The molecule has 1 aliphatic carbocycles. The molecule has 184 valence electrons. The van der Waals surface area contributed by atoms with Crippen LogP contribution in [0.3, 0.4) is 0 Å². The summed E-state index contributed by atoms with van der Waals surface area (Å²) in [5.41, 5.74) is 1.10. The Morgan fingerprint density at radius 2 is 2.14 bits per heavy atom. The normalized spacial score (nSPS) is 19.6. The summed E-state index contributed by atoms with van der Waals surface area (Å²) in [6.07, 6.45) is 2.16. The van der Waals surface area contributed by atoms with Crippen LogP contribution in [0.25, 0.3) is 27.7 Å². The van der Waals surface area contributed by atoms with Gasteiger partial charge in [-0.3, -0.25) is 0 Å². The SMILES string of the molecule is [2H]C([2H])([2H])Oc1nc(NC2CCC3(CC2)COC3)nn2cc(F)c(-c3ccc4nnn(CC(F)F)c4c3)c12. The maximum Gasteiger partial charge on any atom is 0.258 e. The van der Waals surface area contributed by atoms with E-state index >= 15 is 4.39 Å². The van der Waals surface area contributed by atoms with E-state index in [1.807, 2.05) is 0 Å². The number of rotatable bonds is 6. The van der Waals surface area contributed by atoms with Crippen LogP contribution < -0.4 is 10.1 Å². The van der Waals surface area contributed by atoms with Crippen molar-refractivity contribution in [3.63, 3.8) is 0 Å². The first-order valence-electron chi connectivity index (χ1n) is 12.8. The number of anilines is 1. The average molecular weight is 491 g/mol. The summed E-state index contributed by atoms with van der Waals surface area (Å²) in [6.45, 7) is 0.865. The number of aromatic nitrogens is 6. The van der Waals surface area contributed by atoms with Gasteiger partial charge in [-0.05, 0) is 43.4 Å². The quantitative estimate of drug-likeness (QED) is 0.438. The molecule has 0 radical (unpaired) electrons. The van der Waals surface area contributed by atoms with Crippen molar-refractivity contribution in [2.45, 2.75) is 44.7 Å². The predicted octanol–water partition coefficient (Wildman–Crippen LogP) is 3.92. The fourth-order valence-electron chi connectivity index (χ4n) is 5.05. The van der Waals surface area contributed by atoms with Gasteiger partial charge in [0.25, 0.3) is 6.43 Å². The number of methoxy groups -OCH3 is 1. The number of nitrogens with one attached hydrogen (secondary N) is 1. The Morgan fingerprint density at radius 1 is 1.31 bits per heavy atom. The topological polar surface area (TPSA) is 91.4 Å². The highest BCUT2D eigenvalue weighted by Crippen LogP contribution is 2.43. The van der Waals surface area contributed by atoms with E-state index in [0.29, 0.717) is 5.52 Å². The molecule has 0 unspecified atom stereocenters. The monoisotopic (exact) mass is 490 g/mol. The number of fused-ring (bicyclic) bond motifs is 2. The first-order valence-corrected chi connectivity index (χ1v) is 11.3. The Morgan fingerprint density at radius 3 is 2.86 bits per heavy atom. The molecule has 1 spiro atoms. The molecule has 1 aromatic carbocycles. The second-order valence-electron chi connectivity index (χ2n) is 9.27. The number of halogens is 3. The number of nitrogens with zero attached hydrogens (tertiary/aromatic N) is 6. The Kier molecular flexibility index (Phi) is 4.51. The lowest BCUT2D eigenvalue weighted by Crippen LogP contribution is -2.47. The van der Waals surface area contributed by atoms with Gasteiger partial charge in [0.2, 0.25) is 11.8 Å². The average Bonchev–Trinajstić information content (AvgIpc) is 3.37. The molecule has 1 aliphatic heterocycles. The fraction of sp³-hybridized carbons (Fsp3) is 0.478. The Labute approximate surface area is 202 Å². The van der Waals surface area contributed by atoms with Gasteiger partial charge < -0.3 is 14.8 Å². The molecular formula is C23H24F3N7O2. The molecule has 4 heterocycles. The highest BCUT2D eigenvalue weighted by molar-refractivity contribution is 5.89. The van der Waals surface area contributed by atoms with Crippen LogP contribution in [0.2, 0.25) is 0 Å². The minimum atomic E-state index is -2.87. The van der Waals surface area contributed by atoms with Gasteiger partial charge >= 0.3 is 0 Å². The van der Waals surface area contributed by atoms with Crippen molar-refractivity contribution in [1.82, 2.24) is 29.6 Å². The van der Waals surface area contributed by atoms with Crippen molar-refractivity contribution in [2.24, 2.45) is 5.41 Å². The lowest BCUT2D eigenvalue weighted by Gasteiger charge is -2.46. The highest BCUT2D eigenvalue weighted by atomic mass is 19.3. The molecular weight excluding hydrogens is 463 g/mol. The minimum absolute atomic E-state index is 0.00868. The van der Waals surface area contributed by atoms with Gasteiger partial charge in [-0.1, -0.05) is 11.3 Å². The maximum atomic E-state index is 15.4. The zero-order valence-corrected chi connectivity index (χ0v) is 18.5. The van der Waals surface area contributed by atoms with Crippen molar-refractivity contribution in [2.75, 3.05) is 25.6 Å². The molecule has 35 heavy (non-hydrogen) atoms. The van der Waals surface area contributed by atoms with Gasteiger partial charge in [-0.2, -0.15) is 4.98 Å². The highest BCUT2D eigenvalue weighted by Gasteiger charge is 2.41. The predicted molar refractivity (Wildman–Crippen MR) is 121 cm³/mol. The third kappa shape index (κ3) is 3.85. The van der Waals surface area contributed by atoms with Crippen LogP contribution in [0.4, 0.5) is 19.1 Å². The third-order valence-electron chi connectivity index (χ3n) is 6.96. The van der Waals surface area contributed by atoms with E-state index in [2.05, 4.69) is 25.7 Å². The summed E-state index contributed by atoms with van der Waals surface area (Å²) in [4.78, 5) is 4.31. The molecule has 0 amide bonds. The number of hydrogen-bond donors (Lipinski definition) is 1. The number of benzene rings is 1. The van der Waals surface area contributed by atoms with Crippen LogP contribution in [0, 0.1) is 11.2 Å². The van der Waals surface area contributed by atoms with Gasteiger partial charge in [-0.25, -0.2) is 22.4 Å². The summed E-state index contributed by atoms with van der Waals surface area (Å²) in [5.74, 6) is -0.942. The lowest BCUT2D eigenvalue weighted by molar-refractivity contribution is -0.131. The summed E-state index contributed by atoms with van der Waals surface area (Å²) in [5, 5.41) is 15.2. The Hall–Kier alpha value is -3.41. The van der Waals surface area contributed by atoms with E-state index in [1.54, 1.807) is 0 Å². The van der Waals surface area contributed by atoms with Crippen LogP contribution in [-0.4, -0.2) is 62.3 Å². The van der Waals surface area contributed by atoms with Crippen molar-refractivity contribution in [3.8, 4) is 17.0 Å². The Bertz CT molecular complexity index is 1490. The van der Waals surface area contributed by atoms with Crippen molar-refractivity contribution < 1.29 is 26.8 Å². The molecule has 0 atom stereocenters. The van der Waals surface area contributed by atoms with Gasteiger partial charge in [0.15, 0.2) is 5.82 Å². The second kappa shape index (κ2) is 8.36. The van der Waals surface area contributed by atoms with E-state index in [0.717, 1.165) is 49.8 Å². The van der Waals surface area contributed by atoms with E-state index in [9.17, 15) is 8.78 Å². The molecule has 1 N–H and O–H groups in total. The van der Waals surface area contributed by atoms with Gasteiger partial charge in [0, 0.05) is 11.5 Å². The number of hydrogen-bond acceptors (Lipinski definition) is 7. The molecule has 6 rings (SSSR count). The molecule has 2 aliphatic rings. The first-order chi connectivity index (χ1) is 18.1. The number of ether oxygens (including phenoxy) is 2. The van der Waals surface area contributed by atoms with E-state index in [-0.39, 0.29) is 45.4 Å². The van der Waals surface area contributed by atoms with Crippen molar-refractivity contribution in [1.29, 1.82) is 0 Å². The molecule has 9 nitrogen and oxygen atoms in total. The molecule has 12 heteroatoms. The Balaban J connectivity index is 1.39. The summed E-state index contributed by atoms with van der Waals surface area (Å²) < 4.78 is 77.1. The number of alkyl halides is 2. The molecule has 2 fully saturated rings. The minimum Gasteiger partial charge on any atom is -0.479 e. The van der Waals surface area contributed by atoms with Crippen LogP contribution >= 0.6 is 0 Å². The van der Waals surface area contributed by atoms with Crippen LogP contribution in [0.5, 0.6) is 5.88 Å². The van der Waals surface area contributed by atoms with E-state index in [4.69, 9.17) is 13.6 Å². The zero-order valence-electron chi connectivity index (χ0n) is 21.5. The lowest BCUT2D eigenvalue weighted by atomic mass is 9.71. The standard InChI is InChI=1S/C23H24F3N7O2/c1-34-21-20-19(13-2-3-16-17(8-13)32(31-29-16)10-18(25)26)15(24)9-33(20)30-22(28-21)27-14-4-6-23(7-5-14)11-35-12-23/h2-3,8-9,14,18H,4-7,10-12H2,1H3,(H,27,30)/i1D3. The molecule has 4 aromatic rings. The second-order valence-corrected chi connectivity index (χ2v) is 9.27. The van der Waals surface area contributed by atoms with E-state index < -0.39 is 25.8 Å². The van der Waals surface area contributed by atoms with Gasteiger partial charge in [0.05, 0.1) is 41.6 Å². The first kappa shape index (κ1) is 18.9. The smallest absolute Gasteiger partial charge is 0.258 e. The van der Waals surface area contributed by atoms with Gasteiger partial charge in [-0.15, -0.1) is 10.2 Å². The fourth-order valence-corrected chi connectivity index (χ4v) is 5.05. The summed E-state index contributed by atoms with van der Waals surface area (Å²) in [6, 6.07) is 4.58. The molecule has 1 saturated heterocycles. The van der Waals surface area contributed by atoms with E-state index in [1.165, 1.54) is 22.7 Å². The van der Waals surface area contributed by atoms with Gasteiger partial charge in [0.1, 0.15) is 17.6 Å². The zero-order chi connectivity index (χ0) is 26.7. The molecule has 0 bridgehead atoms. The largest absolute Gasteiger partial charge is 0.479 e. The van der Waals surface area contributed by atoms with Crippen molar-refractivity contribution >= 4 is 22.5 Å².